The van der Waals surface area contributed by atoms with Crippen LogP contribution >= 0.6 is 0 Å². The second-order valence-electron chi connectivity index (χ2n) is 0.880. The highest BCUT2D eigenvalue weighted by atomic mass is 32.2. The lowest BCUT2D eigenvalue weighted by Crippen LogP contribution is -1.62. The minimum absolute atomic E-state index is 0.139. The van der Waals surface area contributed by atoms with E-state index < -0.39 is 0 Å². The van der Waals surface area contributed by atoms with Crippen molar-refractivity contribution in [3.05, 3.63) is 0 Å². The molecule has 1 heteroatoms. The zero-order valence-electron chi connectivity index (χ0n) is 2.99. The Hall–Kier alpha value is 0.130. The molecule has 0 aromatic carbocycles. The monoisotopic (exact) mass is 75.0 g/mol. The summed E-state index contributed by atoms with van der Waals surface area (Å²) >= 11 is 0. The van der Waals surface area contributed by atoms with Gasteiger partial charge in [-0.2, -0.15) is 0 Å². The van der Waals surface area contributed by atoms with Crippen molar-refractivity contribution in [1.82, 2.24) is 0 Å². The van der Waals surface area contributed by atoms with Crippen molar-refractivity contribution in [1.29, 1.82) is 0 Å². The van der Waals surface area contributed by atoms with Gasteiger partial charge in [0.1, 0.15) is 0 Å². The van der Waals surface area contributed by atoms with Gasteiger partial charge in [0.05, 0.1) is 0 Å². The van der Waals surface area contributed by atoms with Crippen molar-refractivity contribution in [3.8, 4) is 5.69 Å². The third-order valence-corrected chi connectivity index (χ3v) is 0. The van der Waals surface area contributed by atoms with Crippen LogP contribution in [0.15, 0.2) is 0 Å². The highest BCUT2D eigenvalue weighted by Gasteiger charge is 1.22. The first kappa shape index (κ1) is 4.13. The molecule has 0 saturated heterocycles. The Morgan fingerprint density at radius 1 is 1.50 bits per heavy atom. The lowest BCUT2D eigenvalue weighted by atomic mass is 11.9. The average Bonchev–Trinajstić information content (AvgIpc) is 0.811. The van der Waals surface area contributed by atoms with Gasteiger partial charge in [-0.1, -0.05) is 0 Å². The van der Waals surface area contributed by atoms with Gasteiger partial charge in [0.25, 0.3) is 0 Å². The van der Waals surface area contributed by atoms with Gasteiger partial charge >= 0.3 is 0 Å². The standard InChI is InChI=1S/C3H7S/c1-4(2)3/h1H,2-3H3/q-1. The van der Waals surface area contributed by atoms with Crippen LogP contribution in [0.2, 0.25) is 0 Å². The van der Waals surface area contributed by atoms with Gasteiger partial charge < -0.3 is 16.0 Å². The van der Waals surface area contributed by atoms with E-state index in [9.17, 15) is 0 Å². The highest BCUT2D eigenvalue weighted by molar-refractivity contribution is 7.84. The molecule has 0 amide bonds. The molecule has 0 saturated carbocycles. The van der Waals surface area contributed by atoms with Crippen LogP contribution in [0.5, 0.6) is 0 Å². The fourth-order valence-corrected chi connectivity index (χ4v) is 0. The maximum Gasteiger partial charge on any atom is -0.145 e. The predicted octanol–water partition coefficient (Wildman–Crippen LogP) is 0.453. The van der Waals surface area contributed by atoms with E-state index in [4.69, 9.17) is 5.69 Å². The molecular weight excluding hydrogens is 68.1 g/mol. The predicted molar refractivity (Wildman–Crippen MR) is 24.2 cm³/mol. The molecule has 0 unspecified atom stereocenters. The summed E-state index contributed by atoms with van der Waals surface area (Å²) in [6.07, 6.45) is 3.94. The van der Waals surface area contributed by atoms with E-state index in [1.54, 1.807) is 0 Å². The zero-order valence-corrected chi connectivity index (χ0v) is 3.80. The SMILES string of the molecule is C#[S-](C)C. The smallest absolute Gasteiger partial charge is 0.145 e. The van der Waals surface area contributed by atoms with E-state index in [1.807, 2.05) is 12.5 Å². The van der Waals surface area contributed by atoms with Crippen molar-refractivity contribution >= 4 is 10.3 Å². The maximum atomic E-state index is 5.14. The fourth-order valence-electron chi connectivity index (χ4n) is 0. The molecule has 0 bridgehead atoms. The van der Waals surface area contributed by atoms with Gasteiger partial charge in [-0.3, -0.25) is 0 Å². The Bertz CT molecular complexity index is 49.4. The van der Waals surface area contributed by atoms with Crippen LogP contribution in [0.25, 0.3) is 0 Å². The first-order valence-corrected chi connectivity index (χ1v) is 3.16. The number of rotatable bonds is 0. The van der Waals surface area contributed by atoms with E-state index in [0.29, 0.717) is 0 Å². The zero-order chi connectivity index (χ0) is 3.58. The highest BCUT2D eigenvalue weighted by Crippen LogP contribution is 1.44. The Morgan fingerprint density at radius 2 is 1.50 bits per heavy atom. The Kier molecular flexibility index (Phi) is 1.50. The molecule has 26 valence electrons. The molecule has 0 fully saturated rings. The normalized spacial score (nSPS) is 8.50. The largest absolute Gasteiger partial charge is 0.463 e. The second kappa shape index (κ2) is 1.45. The van der Waals surface area contributed by atoms with Gasteiger partial charge in [-0.25, -0.2) is 0 Å². The summed E-state index contributed by atoms with van der Waals surface area (Å²) in [5.41, 5.74) is 5.14. The Labute approximate surface area is 29.4 Å². The molecule has 0 spiro atoms. The minimum Gasteiger partial charge on any atom is -0.463 e. The molecule has 0 aromatic rings. The molecule has 0 nitrogen and oxygen atoms in total. The second-order valence-corrected chi connectivity index (χ2v) is 2.64. The molecule has 0 atom stereocenters. The van der Waals surface area contributed by atoms with E-state index in [0.717, 1.165) is 0 Å². The van der Waals surface area contributed by atoms with Crippen LogP contribution in [-0.4, -0.2) is 12.5 Å². The van der Waals surface area contributed by atoms with Crippen LogP contribution in [0.1, 0.15) is 0 Å². The minimum atomic E-state index is 0.139. The molecular formula is C3H7S-. The van der Waals surface area contributed by atoms with E-state index in [2.05, 4.69) is 0 Å². The van der Waals surface area contributed by atoms with Crippen LogP contribution in [0, 0.1) is 5.69 Å². The Morgan fingerprint density at radius 3 is 1.50 bits per heavy atom. The van der Waals surface area contributed by atoms with Crippen LogP contribution in [-0.2, 0) is 10.3 Å². The molecule has 0 rings (SSSR count). The first-order chi connectivity index (χ1) is 1.73. The molecule has 0 radical (unpaired) electrons. The molecule has 0 heterocycles. The van der Waals surface area contributed by atoms with Crippen molar-refractivity contribution in [2.75, 3.05) is 12.5 Å². The average molecular weight is 75.2 g/mol. The third-order valence-electron chi connectivity index (χ3n) is 0. The summed E-state index contributed by atoms with van der Waals surface area (Å²) in [4.78, 5) is 0. The summed E-state index contributed by atoms with van der Waals surface area (Å²) in [7, 11) is 0.139. The lowest BCUT2D eigenvalue weighted by Gasteiger charge is -1.85. The molecule has 0 aliphatic heterocycles. The van der Waals surface area contributed by atoms with E-state index in [-0.39, 0.29) is 10.3 Å². The molecule has 0 N–H and O–H groups in total. The summed E-state index contributed by atoms with van der Waals surface area (Å²) in [5, 5.41) is 0. The van der Waals surface area contributed by atoms with Crippen LogP contribution in [0.4, 0.5) is 0 Å². The number of hydrogen-bond donors (Lipinski definition) is 0. The summed E-state index contributed by atoms with van der Waals surface area (Å²) < 4.78 is 0. The summed E-state index contributed by atoms with van der Waals surface area (Å²) in [6.45, 7) is 0. The third kappa shape index (κ3) is 161. The van der Waals surface area contributed by atoms with Gasteiger partial charge in [0, 0.05) is 0 Å². The van der Waals surface area contributed by atoms with Crippen LogP contribution < -0.4 is 0 Å². The van der Waals surface area contributed by atoms with E-state index in [1.165, 1.54) is 0 Å². The summed E-state index contributed by atoms with van der Waals surface area (Å²) in [5.74, 6) is 0. The maximum absolute atomic E-state index is 5.14. The van der Waals surface area contributed by atoms with Gasteiger partial charge in [-0.05, 0) is 0 Å². The lowest BCUT2D eigenvalue weighted by molar-refractivity contribution is 2.34. The molecule has 0 aliphatic carbocycles. The van der Waals surface area contributed by atoms with Crippen molar-refractivity contribution in [3.63, 3.8) is 0 Å². The quantitative estimate of drug-likeness (QED) is 0.367. The number of hydrogen-bond acceptors (Lipinski definition) is 1. The Balaban J connectivity index is 3.02. The molecule has 0 aliphatic rings. The van der Waals surface area contributed by atoms with Crippen molar-refractivity contribution < 1.29 is 0 Å². The van der Waals surface area contributed by atoms with Crippen molar-refractivity contribution in [2.24, 2.45) is 0 Å². The fraction of sp³-hybridized carbons (Fsp3) is 0.667. The topological polar surface area (TPSA) is 0 Å². The van der Waals surface area contributed by atoms with Gasteiger partial charge in [0.15, 0.2) is 0 Å². The van der Waals surface area contributed by atoms with E-state index >= 15 is 0 Å². The summed E-state index contributed by atoms with van der Waals surface area (Å²) in [6, 6.07) is 0. The first-order valence-electron chi connectivity index (χ1n) is 1.05. The molecule has 4 heavy (non-hydrogen) atoms. The van der Waals surface area contributed by atoms with Crippen LogP contribution in [0.3, 0.4) is 0 Å². The molecule has 0 aromatic heterocycles. The van der Waals surface area contributed by atoms with Gasteiger partial charge in [0.2, 0.25) is 0 Å². The van der Waals surface area contributed by atoms with Gasteiger partial charge in [-0.15, -0.1) is 12.5 Å². The van der Waals surface area contributed by atoms with Crippen molar-refractivity contribution in [2.45, 2.75) is 0 Å².